The van der Waals surface area contributed by atoms with Crippen LogP contribution >= 0.6 is 0 Å². The first-order chi connectivity index (χ1) is 9.61. The van der Waals surface area contributed by atoms with E-state index in [-0.39, 0.29) is 11.8 Å². The number of hydrogen-bond acceptors (Lipinski definition) is 4. The Labute approximate surface area is 116 Å². The molecular weight excluding hydrogens is 258 g/mol. The number of amides is 2. The molecule has 0 atom stereocenters. The second-order valence-corrected chi connectivity index (χ2v) is 4.02. The molecule has 1 aromatic rings. The third-order valence-electron chi connectivity index (χ3n) is 2.66. The first-order valence-electron chi connectivity index (χ1n) is 6.13. The molecule has 1 heterocycles. The van der Waals surface area contributed by atoms with Crippen LogP contribution in [0, 0.1) is 0 Å². The Hall–Kier alpha value is -2.69. The second kappa shape index (κ2) is 5.97. The van der Waals surface area contributed by atoms with Crippen molar-refractivity contribution in [2.24, 2.45) is 0 Å². The lowest BCUT2D eigenvalue weighted by atomic mass is 10.2. The van der Waals surface area contributed by atoms with Gasteiger partial charge in [0.05, 0.1) is 12.3 Å². The zero-order valence-electron chi connectivity index (χ0n) is 10.9. The van der Waals surface area contributed by atoms with Crippen molar-refractivity contribution in [1.29, 1.82) is 0 Å². The van der Waals surface area contributed by atoms with E-state index in [9.17, 15) is 14.4 Å². The van der Waals surface area contributed by atoms with Crippen LogP contribution in [-0.2, 0) is 19.1 Å². The predicted molar refractivity (Wildman–Crippen MR) is 73.7 cm³/mol. The lowest BCUT2D eigenvalue weighted by Gasteiger charge is -2.13. The van der Waals surface area contributed by atoms with Gasteiger partial charge in [0, 0.05) is 18.2 Å². The molecular formula is C15H13NO4. The van der Waals surface area contributed by atoms with Crippen molar-refractivity contribution < 1.29 is 19.1 Å². The van der Waals surface area contributed by atoms with Gasteiger partial charge in [-0.1, -0.05) is 12.1 Å². The van der Waals surface area contributed by atoms with Crippen molar-refractivity contribution in [1.82, 2.24) is 0 Å². The number of benzene rings is 1. The molecule has 20 heavy (non-hydrogen) atoms. The highest BCUT2D eigenvalue weighted by molar-refractivity contribution is 6.28. The molecule has 1 aromatic carbocycles. The summed E-state index contributed by atoms with van der Waals surface area (Å²) >= 11 is 0. The summed E-state index contributed by atoms with van der Waals surface area (Å²) in [7, 11) is 0. The van der Waals surface area contributed by atoms with Crippen LogP contribution in [0.4, 0.5) is 5.69 Å². The molecule has 0 saturated heterocycles. The monoisotopic (exact) mass is 271 g/mol. The maximum absolute atomic E-state index is 11.5. The lowest BCUT2D eigenvalue weighted by Crippen LogP contribution is -2.29. The number of esters is 1. The number of anilines is 1. The van der Waals surface area contributed by atoms with Gasteiger partial charge in [0.1, 0.15) is 0 Å². The molecule has 5 nitrogen and oxygen atoms in total. The molecule has 2 rings (SSSR count). The third kappa shape index (κ3) is 3.00. The van der Waals surface area contributed by atoms with E-state index >= 15 is 0 Å². The Balaban J connectivity index is 2.09. The van der Waals surface area contributed by atoms with Gasteiger partial charge in [0.15, 0.2) is 0 Å². The molecule has 1 aliphatic rings. The van der Waals surface area contributed by atoms with Crippen LogP contribution < -0.4 is 4.90 Å². The SMILES string of the molecule is CCOC(=O)C=Cc1ccc(N2C(=O)C=CC2=O)cc1. The van der Waals surface area contributed by atoms with Crippen molar-refractivity contribution in [2.45, 2.75) is 6.92 Å². The van der Waals surface area contributed by atoms with E-state index in [0.717, 1.165) is 10.5 Å². The van der Waals surface area contributed by atoms with Gasteiger partial charge in [0.25, 0.3) is 11.8 Å². The van der Waals surface area contributed by atoms with Gasteiger partial charge >= 0.3 is 5.97 Å². The molecule has 0 radical (unpaired) electrons. The Morgan fingerprint density at radius 2 is 1.75 bits per heavy atom. The molecule has 0 unspecified atom stereocenters. The summed E-state index contributed by atoms with van der Waals surface area (Å²) in [5.74, 6) is -1.12. The van der Waals surface area contributed by atoms with Gasteiger partial charge in [-0.05, 0) is 30.7 Å². The van der Waals surface area contributed by atoms with Crippen LogP contribution in [0.1, 0.15) is 12.5 Å². The number of imide groups is 1. The zero-order valence-corrected chi connectivity index (χ0v) is 10.9. The molecule has 0 aliphatic carbocycles. The highest BCUT2D eigenvalue weighted by Gasteiger charge is 2.24. The van der Waals surface area contributed by atoms with E-state index in [0.29, 0.717) is 12.3 Å². The minimum absolute atomic E-state index is 0.328. The zero-order chi connectivity index (χ0) is 14.5. The van der Waals surface area contributed by atoms with E-state index in [4.69, 9.17) is 4.74 Å². The molecule has 1 aliphatic heterocycles. The molecule has 0 aromatic heterocycles. The molecule has 0 bridgehead atoms. The molecule has 102 valence electrons. The standard InChI is InChI=1S/C15H13NO4/c1-2-20-15(19)10-5-11-3-6-12(7-4-11)16-13(17)8-9-14(16)18/h3-10H,2H2,1H3. The molecule has 5 heteroatoms. The maximum Gasteiger partial charge on any atom is 0.330 e. The van der Waals surface area contributed by atoms with Crippen molar-refractivity contribution in [3.63, 3.8) is 0 Å². The smallest absolute Gasteiger partial charge is 0.330 e. The van der Waals surface area contributed by atoms with Crippen LogP contribution in [0.25, 0.3) is 6.08 Å². The summed E-state index contributed by atoms with van der Waals surface area (Å²) in [6, 6.07) is 6.72. The Morgan fingerprint density at radius 3 is 2.30 bits per heavy atom. The molecule has 0 N–H and O–H groups in total. The number of ether oxygens (including phenoxy) is 1. The first kappa shape index (κ1) is 13.7. The van der Waals surface area contributed by atoms with E-state index in [1.807, 2.05) is 0 Å². The van der Waals surface area contributed by atoms with Crippen molar-refractivity contribution in [3.8, 4) is 0 Å². The summed E-state index contributed by atoms with van der Waals surface area (Å²) < 4.78 is 4.77. The van der Waals surface area contributed by atoms with Gasteiger partial charge < -0.3 is 4.74 Å². The second-order valence-electron chi connectivity index (χ2n) is 4.02. The van der Waals surface area contributed by atoms with E-state index in [2.05, 4.69) is 0 Å². The Kier molecular flexibility index (Phi) is 4.10. The van der Waals surface area contributed by atoms with Gasteiger partial charge in [-0.2, -0.15) is 0 Å². The number of hydrogen-bond donors (Lipinski definition) is 0. The van der Waals surface area contributed by atoms with Crippen molar-refractivity contribution in [3.05, 3.63) is 48.1 Å². The number of nitrogens with zero attached hydrogens (tertiary/aromatic N) is 1. The van der Waals surface area contributed by atoms with E-state index in [1.165, 1.54) is 18.2 Å². The fourth-order valence-electron chi connectivity index (χ4n) is 1.74. The minimum Gasteiger partial charge on any atom is -0.463 e. The quantitative estimate of drug-likeness (QED) is 0.475. The average Bonchev–Trinajstić information content (AvgIpc) is 2.77. The molecule has 0 spiro atoms. The van der Waals surface area contributed by atoms with Gasteiger partial charge in [-0.25, -0.2) is 9.69 Å². The number of carbonyl (C=O) groups excluding carboxylic acids is 3. The average molecular weight is 271 g/mol. The lowest BCUT2D eigenvalue weighted by molar-refractivity contribution is -0.137. The Morgan fingerprint density at radius 1 is 1.15 bits per heavy atom. The normalized spacial score (nSPS) is 14.3. The van der Waals surface area contributed by atoms with Gasteiger partial charge in [0.2, 0.25) is 0 Å². The fraction of sp³-hybridized carbons (Fsp3) is 0.133. The first-order valence-corrected chi connectivity index (χ1v) is 6.13. The van der Waals surface area contributed by atoms with E-state index < -0.39 is 5.97 Å². The number of carbonyl (C=O) groups is 3. The molecule has 2 amide bonds. The van der Waals surface area contributed by atoms with Crippen LogP contribution in [0.5, 0.6) is 0 Å². The minimum atomic E-state index is -0.411. The summed E-state index contributed by atoms with van der Waals surface area (Å²) in [6.45, 7) is 2.06. The van der Waals surface area contributed by atoms with Crippen LogP contribution in [0.2, 0.25) is 0 Å². The fourth-order valence-corrected chi connectivity index (χ4v) is 1.74. The summed E-state index contributed by atoms with van der Waals surface area (Å²) in [4.78, 5) is 35.2. The van der Waals surface area contributed by atoms with Crippen molar-refractivity contribution >= 4 is 29.5 Å². The maximum atomic E-state index is 11.5. The predicted octanol–water partition coefficient (Wildman–Crippen LogP) is 1.69. The van der Waals surface area contributed by atoms with Crippen LogP contribution in [0.3, 0.4) is 0 Å². The van der Waals surface area contributed by atoms with Crippen molar-refractivity contribution in [2.75, 3.05) is 11.5 Å². The van der Waals surface area contributed by atoms with Crippen LogP contribution in [0.15, 0.2) is 42.5 Å². The summed E-state index contributed by atoms with van der Waals surface area (Å²) in [6.07, 6.45) is 5.40. The topological polar surface area (TPSA) is 63.7 Å². The molecule has 0 fully saturated rings. The largest absolute Gasteiger partial charge is 0.463 e. The van der Waals surface area contributed by atoms with E-state index in [1.54, 1.807) is 37.3 Å². The Bertz CT molecular complexity index is 581. The molecule has 0 saturated carbocycles. The summed E-state index contributed by atoms with van der Waals surface area (Å²) in [5, 5.41) is 0. The number of rotatable bonds is 4. The van der Waals surface area contributed by atoms with Gasteiger partial charge in [-0.15, -0.1) is 0 Å². The highest BCUT2D eigenvalue weighted by Crippen LogP contribution is 2.19. The van der Waals surface area contributed by atoms with Gasteiger partial charge in [-0.3, -0.25) is 9.59 Å². The third-order valence-corrected chi connectivity index (χ3v) is 2.66. The van der Waals surface area contributed by atoms with Crippen LogP contribution in [-0.4, -0.2) is 24.4 Å². The summed E-state index contributed by atoms with van der Waals surface area (Å²) in [5.41, 5.74) is 1.27. The highest BCUT2D eigenvalue weighted by atomic mass is 16.5.